The van der Waals surface area contributed by atoms with Crippen LogP contribution >= 0.6 is 0 Å². The number of piperazine rings is 1. The number of methoxy groups -OCH3 is 1. The van der Waals surface area contributed by atoms with E-state index < -0.39 is 0 Å². The number of benzene rings is 3. The van der Waals surface area contributed by atoms with Gasteiger partial charge in [0, 0.05) is 37.4 Å². The highest BCUT2D eigenvalue weighted by molar-refractivity contribution is 5.63. The SMILES string of the molecule is COc1ccc(N2CCN[C@@H](Cc3ccc(-c4ccccc4)cc3)C2)cc1OC1CCCC1. The molecule has 3 aromatic carbocycles. The molecule has 0 aromatic heterocycles. The van der Waals surface area contributed by atoms with Crippen molar-refractivity contribution >= 4 is 5.69 Å². The largest absolute Gasteiger partial charge is 0.493 e. The molecule has 0 unspecified atom stereocenters. The summed E-state index contributed by atoms with van der Waals surface area (Å²) in [6.07, 6.45) is 6.16. The number of nitrogens with zero attached hydrogens (tertiary/aromatic N) is 1. The highest BCUT2D eigenvalue weighted by Crippen LogP contribution is 2.35. The van der Waals surface area contributed by atoms with Crippen molar-refractivity contribution in [3.05, 3.63) is 78.4 Å². The van der Waals surface area contributed by atoms with E-state index in [0.29, 0.717) is 12.1 Å². The lowest BCUT2D eigenvalue weighted by Gasteiger charge is -2.36. The van der Waals surface area contributed by atoms with Crippen molar-refractivity contribution in [3.8, 4) is 22.6 Å². The lowest BCUT2D eigenvalue weighted by atomic mass is 9.99. The standard InChI is InChI=1S/C29H34N2O2/c1-32-28-16-15-26(20-29(28)33-27-9-5-6-10-27)31-18-17-30-25(21-31)19-22-11-13-24(14-12-22)23-7-3-2-4-8-23/h2-4,7-8,11-16,20,25,27,30H,5-6,9-10,17-19,21H2,1H3/t25-/m0/s1. The topological polar surface area (TPSA) is 33.7 Å². The minimum atomic E-state index is 0.323. The molecular formula is C29H34N2O2. The van der Waals surface area contributed by atoms with Crippen molar-refractivity contribution in [2.45, 2.75) is 44.2 Å². The molecule has 1 saturated heterocycles. The van der Waals surface area contributed by atoms with Gasteiger partial charge in [0.1, 0.15) is 0 Å². The first kappa shape index (κ1) is 21.8. The van der Waals surface area contributed by atoms with E-state index >= 15 is 0 Å². The molecule has 1 N–H and O–H groups in total. The third-order valence-corrected chi connectivity index (χ3v) is 6.91. The first-order valence-electron chi connectivity index (χ1n) is 12.3. The van der Waals surface area contributed by atoms with Crippen LogP contribution in [0.3, 0.4) is 0 Å². The molecule has 4 heteroatoms. The Kier molecular flexibility index (Phi) is 6.82. The Labute approximate surface area is 197 Å². The molecule has 0 radical (unpaired) electrons. The van der Waals surface area contributed by atoms with E-state index in [1.807, 2.05) is 0 Å². The fourth-order valence-electron chi connectivity index (χ4n) is 5.09. The monoisotopic (exact) mass is 442 g/mol. The van der Waals surface area contributed by atoms with Crippen LogP contribution in [-0.2, 0) is 6.42 Å². The summed E-state index contributed by atoms with van der Waals surface area (Å²) in [5.41, 5.74) is 5.12. The highest BCUT2D eigenvalue weighted by atomic mass is 16.5. The Morgan fingerprint density at radius 2 is 1.64 bits per heavy atom. The highest BCUT2D eigenvalue weighted by Gasteiger charge is 2.23. The number of anilines is 1. The first-order valence-corrected chi connectivity index (χ1v) is 12.3. The molecule has 172 valence electrons. The lowest BCUT2D eigenvalue weighted by Crippen LogP contribution is -2.51. The predicted octanol–water partition coefficient (Wildman–Crippen LogP) is 5.70. The van der Waals surface area contributed by atoms with Gasteiger partial charge in [-0.3, -0.25) is 0 Å². The number of hydrogen-bond donors (Lipinski definition) is 1. The van der Waals surface area contributed by atoms with E-state index in [4.69, 9.17) is 9.47 Å². The zero-order valence-corrected chi connectivity index (χ0v) is 19.5. The summed E-state index contributed by atoms with van der Waals surface area (Å²) in [5.74, 6) is 1.71. The van der Waals surface area contributed by atoms with Gasteiger partial charge >= 0.3 is 0 Å². The maximum Gasteiger partial charge on any atom is 0.163 e. The average molecular weight is 443 g/mol. The molecule has 1 aliphatic heterocycles. The van der Waals surface area contributed by atoms with Crippen molar-refractivity contribution < 1.29 is 9.47 Å². The molecule has 2 fully saturated rings. The molecule has 0 spiro atoms. The molecular weight excluding hydrogens is 408 g/mol. The van der Waals surface area contributed by atoms with Crippen LogP contribution < -0.4 is 19.7 Å². The Hall–Kier alpha value is -2.98. The summed E-state index contributed by atoms with van der Waals surface area (Å²) >= 11 is 0. The maximum atomic E-state index is 6.33. The number of nitrogens with one attached hydrogen (secondary N) is 1. The van der Waals surface area contributed by atoms with E-state index in [9.17, 15) is 0 Å². The van der Waals surface area contributed by atoms with Gasteiger partial charge in [0.25, 0.3) is 0 Å². The Balaban J connectivity index is 1.25. The zero-order valence-electron chi connectivity index (χ0n) is 19.5. The van der Waals surface area contributed by atoms with Gasteiger partial charge in [-0.05, 0) is 60.9 Å². The molecule has 5 rings (SSSR count). The zero-order chi connectivity index (χ0) is 22.5. The molecule has 1 heterocycles. The van der Waals surface area contributed by atoms with Gasteiger partial charge in [-0.25, -0.2) is 0 Å². The Bertz CT molecular complexity index is 1030. The molecule has 1 saturated carbocycles. The summed E-state index contributed by atoms with van der Waals surface area (Å²) in [4.78, 5) is 2.47. The number of ether oxygens (including phenoxy) is 2. The van der Waals surface area contributed by atoms with E-state index in [1.165, 1.54) is 35.2 Å². The molecule has 1 atom stereocenters. The van der Waals surface area contributed by atoms with Crippen LogP contribution in [-0.4, -0.2) is 38.9 Å². The van der Waals surface area contributed by atoms with E-state index in [-0.39, 0.29) is 0 Å². The van der Waals surface area contributed by atoms with Gasteiger partial charge in [-0.2, -0.15) is 0 Å². The molecule has 33 heavy (non-hydrogen) atoms. The molecule has 1 aliphatic carbocycles. The van der Waals surface area contributed by atoms with E-state index in [1.54, 1.807) is 7.11 Å². The molecule has 0 amide bonds. The van der Waals surface area contributed by atoms with E-state index in [2.05, 4.69) is 83.0 Å². The van der Waals surface area contributed by atoms with Crippen molar-refractivity contribution in [3.63, 3.8) is 0 Å². The average Bonchev–Trinajstić information content (AvgIpc) is 3.38. The van der Waals surface area contributed by atoms with E-state index in [0.717, 1.165) is 50.4 Å². The normalized spacial score (nSPS) is 18.9. The second kappa shape index (κ2) is 10.3. The summed E-state index contributed by atoms with van der Waals surface area (Å²) in [6.45, 7) is 2.96. The van der Waals surface area contributed by atoms with Crippen LogP contribution in [0.25, 0.3) is 11.1 Å². The fourth-order valence-corrected chi connectivity index (χ4v) is 5.09. The summed E-state index contributed by atoms with van der Waals surface area (Å²) < 4.78 is 11.9. The second-order valence-electron chi connectivity index (χ2n) is 9.22. The molecule has 4 nitrogen and oxygen atoms in total. The third-order valence-electron chi connectivity index (χ3n) is 6.91. The van der Waals surface area contributed by atoms with Crippen molar-refractivity contribution in [2.24, 2.45) is 0 Å². The van der Waals surface area contributed by atoms with Crippen molar-refractivity contribution in [2.75, 3.05) is 31.6 Å². The van der Waals surface area contributed by atoms with Gasteiger partial charge in [0.15, 0.2) is 11.5 Å². The first-order chi connectivity index (χ1) is 16.3. The third kappa shape index (κ3) is 5.33. The van der Waals surface area contributed by atoms with Crippen LogP contribution in [0.15, 0.2) is 72.8 Å². The Morgan fingerprint density at radius 3 is 2.39 bits per heavy atom. The predicted molar refractivity (Wildman–Crippen MR) is 135 cm³/mol. The minimum absolute atomic E-state index is 0.323. The lowest BCUT2D eigenvalue weighted by molar-refractivity contribution is 0.201. The second-order valence-corrected chi connectivity index (χ2v) is 9.22. The summed E-state index contributed by atoms with van der Waals surface area (Å²) in [7, 11) is 1.72. The van der Waals surface area contributed by atoms with Gasteiger partial charge in [-0.1, -0.05) is 54.6 Å². The van der Waals surface area contributed by atoms with Crippen LogP contribution in [0.1, 0.15) is 31.2 Å². The summed E-state index contributed by atoms with van der Waals surface area (Å²) in [6, 6.07) is 26.4. The van der Waals surface area contributed by atoms with Crippen LogP contribution in [0.2, 0.25) is 0 Å². The maximum absolute atomic E-state index is 6.33. The fraction of sp³-hybridized carbons (Fsp3) is 0.379. The number of hydrogen-bond acceptors (Lipinski definition) is 4. The summed E-state index contributed by atoms with van der Waals surface area (Å²) in [5, 5.41) is 3.71. The van der Waals surface area contributed by atoms with Crippen LogP contribution in [0.5, 0.6) is 11.5 Å². The quantitative estimate of drug-likeness (QED) is 0.509. The van der Waals surface area contributed by atoms with Gasteiger partial charge in [0.2, 0.25) is 0 Å². The smallest absolute Gasteiger partial charge is 0.163 e. The van der Waals surface area contributed by atoms with Gasteiger partial charge in [-0.15, -0.1) is 0 Å². The van der Waals surface area contributed by atoms with Gasteiger partial charge < -0.3 is 19.7 Å². The molecule has 3 aromatic rings. The van der Waals surface area contributed by atoms with Crippen molar-refractivity contribution in [1.82, 2.24) is 5.32 Å². The minimum Gasteiger partial charge on any atom is -0.493 e. The van der Waals surface area contributed by atoms with Crippen LogP contribution in [0.4, 0.5) is 5.69 Å². The van der Waals surface area contributed by atoms with Gasteiger partial charge in [0.05, 0.1) is 13.2 Å². The Morgan fingerprint density at radius 1 is 0.879 bits per heavy atom. The molecule has 0 bridgehead atoms. The van der Waals surface area contributed by atoms with Crippen molar-refractivity contribution in [1.29, 1.82) is 0 Å². The number of rotatable bonds is 7. The van der Waals surface area contributed by atoms with Crippen LogP contribution in [0, 0.1) is 0 Å². The molecule has 2 aliphatic rings.